The van der Waals surface area contributed by atoms with E-state index in [1.807, 2.05) is 60.7 Å². The van der Waals surface area contributed by atoms with Gasteiger partial charge in [-0.1, -0.05) is 29.5 Å². The molecule has 1 atom stereocenters. The fourth-order valence-corrected chi connectivity index (χ4v) is 4.88. The lowest BCUT2D eigenvalue weighted by molar-refractivity contribution is -0.137. The summed E-state index contributed by atoms with van der Waals surface area (Å²) in [5.74, 6) is 1.51. The highest BCUT2D eigenvalue weighted by molar-refractivity contribution is 5.91. The molecule has 0 aliphatic carbocycles. The van der Waals surface area contributed by atoms with Crippen molar-refractivity contribution in [3.8, 4) is 11.5 Å². The van der Waals surface area contributed by atoms with Gasteiger partial charge >= 0.3 is 6.18 Å². The summed E-state index contributed by atoms with van der Waals surface area (Å²) in [6.07, 6.45) is -3.12. The number of anilines is 1. The van der Waals surface area contributed by atoms with Crippen molar-refractivity contribution < 1.29 is 31.8 Å². The molecule has 256 valence electrons. The van der Waals surface area contributed by atoms with Gasteiger partial charge in [-0.2, -0.15) is 18.3 Å². The number of nitrogens with one attached hydrogen (secondary N) is 1. The third-order valence-electron chi connectivity index (χ3n) is 7.54. The van der Waals surface area contributed by atoms with Crippen molar-refractivity contribution in [3.63, 3.8) is 0 Å². The summed E-state index contributed by atoms with van der Waals surface area (Å²) in [5.41, 5.74) is 1.78. The molecule has 0 spiro atoms. The molecule has 0 aliphatic rings. The number of hydrogen-bond acceptors (Lipinski definition) is 9. The Morgan fingerprint density at radius 2 is 1.53 bits per heavy atom. The smallest absolute Gasteiger partial charge is 0.416 e. The van der Waals surface area contributed by atoms with Crippen LogP contribution >= 0.6 is 0 Å². The Bertz CT molecular complexity index is 1750. The minimum atomic E-state index is -4.53. The zero-order valence-electron chi connectivity index (χ0n) is 26.8. The number of carbonyl (C=O) groups excluding carboxylic acids is 1. The van der Waals surface area contributed by atoms with Gasteiger partial charge in [0, 0.05) is 19.3 Å². The lowest BCUT2D eigenvalue weighted by atomic mass is 10.1. The van der Waals surface area contributed by atoms with Crippen LogP contribution in [0.25, 0.3) is 0 Å². The second-order valence-electron chi connectivity index (χ2n) is 11.1. The fraction of sp³-hybridized carbons (Fsp3) is 0.294. The van der Waals surface area contributed by atoms with E-state index in [0.717, 1.165) is 41.0 Å². The number of alkyl halides is 4. The molecule has 11 nitrogen and oxygen atoms in total. The minimum Gasteiger partial charge on any atom is -0.497 e. The van der Waals surface area contributed by atoms with Gasteiger partial charge in [0.25, 0.3) is 5.91 Å². The van der Waals surface area contributed by atoms with Crippen molar-refractivity contribution in [2.24, 2.45) is 0 Å². The van der Waals surface area contributed by atoms with Crippen molar-refractivity contribution >= 4 is 11.7 Å². The number of ether oxygens (including phenoxy) is 2. The molecule has 1 amide bonds. The maximum absolute atomic E-state index is 14.9. The molecule has 3 heterocycles. The van der Waals surface area contributed by atoms with E-state index in [1.165, 1.54) is 10.9 Å². The number of carbonyl (C=O) groups is 1. The number of hydrogen-bond donors (Lipinski definition) is 1. The van der Waals surface area contributed by atoms with Gasteiger partial charge in [0.15, 0.2) is 11.5 Å². The van der Waals surface area contributed by atoms with E-state index >= 15 is 0 Å². The van der Waals surface area contributed by atoms with Gasteiger partial charge in [-0.3, -0.25) is 9.78 Å². The Labute approximate surface area is 279 Å². The SMILES string of the molecule is COc1ccc(CN(Cc2ccc(OC)cc2)c2ccc(CCC(F)Cn3cc(C(=O)NCc4cc(C(F)(F)F)ccn4)nn3)nn2)cc1. The van der Waals surface area contributed by atoms with E-state index in [0.29, 0.717) is 31.0 Å². The largest absolute Gasteiger partial charge is 0.497 e. The van der Waals surface area contributed by atoms with Gasteiger partial charge in [-0.15, -0.1) is 10.2 Å². The number of halogens is 4. The summed E-state index contributed by atoms with van der Waals surface area (Å²) in [6, 6.07) is 21.0. The number of methoxy groups -OCH3 is 2. The molecule has 2 aromatic carbocycles. The zero-order chi connectivity index (χ0) is 34.8. The van der Waals surface area contributed by atoms with Gasteiger partial charge in [-0.25, -0.2) is 9.07 Å². The Balaban J connectivity index is 1.14. The van der Waals surface area contributed by atoms with Crippen LogP contribution in [-0.4, -0.2) is 56.5 Å². The van der Waals surface area contributed by atoms with Crippen LogP contribution in [0.3, 0.4) is 0 Å². The second-order valence-corrected chi connectivity index (χ2v) is 11.1. The average molecular weight is 679 g/mol. The number of rotatable bonds is 15. The molecule has 49 heavy (non-hydrogen) atoms. The molecule has 0 radical (unpaired) electrons. The Morgan fingerprint density at radius 3 is 2.10 bits per heavy atom. The summed E-state index contributed by atoms with van der Waals surface area (Å²) < 4.78 is 65.5. The highest BCUT2D eigenvalue weighted by Crippen LogP contribution is 2.29. The summed E-state index contributed by atoms with van der Waals surface area (Å²) in [6.45, 7) is 0.730. The number of aryl methyl sites for hydroxylation is 1. The summed E-state index contributed by atoms with van der Waals surface area (Å²) >= 11 is 0. The van der Waals surface area contributed by atoms with Gasteiger partial charge < -0.3 is 19.7 Å². The Morgan fingerprint density at radius 1 is 0.878 bits per heavy atom. The van der Waals surface area contributed by atoms with E-state index in [4.69, 9.17) is 9.47 Å². The van der Waals surface area contributed by atoms with Crippen LogP contribution in [0.4, 0.5) is 23.4 Å². The molecule has 0 saturated carbocycles. The molecule has 5 rings (SSSR count). The second kappa shape index (κ2) is 16.0. The standard InChI is InChI=1S/C34H34F4N8O3/c1-48-29-10-3-23(4-11-29)19-45(20-24-5-12-30(49-2)13-6-24)32-14-9-27(41-43-32)8-7-26(35)21-46-22-31(42-44-46)33(47)40-18-28-17-25(15-16-39-28)34(36,37)38/h3-6,9-17,22,26H,7-8,18-21H2,1-2H3,(H,40,47). The molecule has 0 bridgehead atoms. The predicted molar refractivity (Wildman–Crippen MR) is 172 cm³/mol. The molecule has 0 fully saturated rings. The van der Waals surface area contributed by atoms with Crippen LogP contribution in [0.5, 0.6) is 11.5 Å². The van der Waals surface area contributed by atoms with Crippen molar-refractivity contribution in [1.82, 2.24) is 35.5 Å². The zero-order valence-corrected chi connectivity index (χ0v) is 26.8. The first kappa shape index (κ1) is 34.7. The number of amides is 1. The van der Waals surface area contributed by atoms with Crippen molar-refractivity contribution in [1.29, 1.82) is 0 Å². The van der Waals surface area contributed by atoms with Crippen LogP contribution in [0.15, 0.2) is 85.2 Å². The average Bonchev–Trinajstić information content (AvgIpc) is 3.58. The molecular weight excluding hydrogens is 644 g/mol. The molecule has 3 aromatic heterocycles. The molecular formula is C34H34F4N8O3. The first-order chi connectivity index (χ1) is 23.6. The van der Waals surface area contributed by atoms with Crippen LogP contribution in [0.1, 0.15) is 45.0 Å². The lowest BCUT2D eigenvalue weighted by Gasteiger charge is -2.24. The van der Waals surface area contributed by atoms with E-state index in [1.54, 1.807) is 14.2 Å². The Hall–Kier alpha value is -5.60. The van der Waals surface area contributed by atoms with Gasteiger partial charge in [0.05, 0.1) is 50.5 Å². The van der Waals surface area contributed by atoms with Crippen molar-refractivity contribution in [2.75, 3.05) is 19.1 Å². The minimum absolute atomic E-state index is 0.0257. The van der Waals surface area contributed by atoms with Gasteiger partial charge in [0.2, 0.25) is 0 Å². The molecule has 5 aromatic rings. The normalized spacial score (nSPS) is 12.0. The number of nitrogens with zero attached hydrogens (tertiary/aromatic N) is 7. The molecule has 0 saturated heterocycles. The van der Waals surface area contributed by atoms with Crippen LogP contribution in [-0.2, 0) is 38.8 Å². The Kier molecular flexibility index (Phi) is 11.3. The molecule has 15 heteroatoms. The fourth-order valence-electron chi connectivity index (χ4n) is 4.88. The maximum Gasteiger partial charge on any atom is 0.416 e. The quantitative estimate of drug-likeness (QED) is 0.141. The summed E-state index contributed by atoms with van der Waals surface area (Å²) in [7, 11) is 3.24. The van der Waals surface area contributed by atoms with E-state index < -0.39 is 23.8 Å². The van der Waals surface area contributed by atoms with E-state index in [9.17, 15) is 22.4 Å². The van der Waals surface area contributed by atoms with Crippen LogP contribution in [0.2, 0.25) is 0 Å². The summed E-state index contributed by atoms with van der Waals surface area (Å²) in [5, 5.41) is 18.8. The first-order valence-corrected chi connectivity index (χ1v) is 15.3. The predicted octanol–water partition coefficient (Wildman–Crippen LogP) is 5.61. The highest BCUT2D eigenvalue weighted by Gasteiger charge is 2.30. The van der Waals surface area contributed by atoms with Crippen LogP contribution < -0.4 is 19.7 Å². The van der Waals surface area contributed by atoms with Crippen molar-refractivity contribution in [3.05, 3.63) is 119 Å². The highest BCUT2D eigenvalue weighted by atomic mass is 19.4. The number of benzene rings is 2. The van der Waals surface area contributed by atoms with E-state index in [2.05, 4.69) is 35.7 Å². The number of pyridine rings is 1. The molecule has 1 N–H and O–H groups in total. The molecule has 0 aliphatic heterocycles. The maximum atomic E-state index is 14.9. The van der Waals surface area contributed by atoms with E-state index in [-0.39, 0.29) is 30.9 Å². The van der Waals surface area contributed by atoms with Gasteiger partial charge in [-0.05, 0) is 72.5 Å². The summed E-state index contributed by atoms with van der Waals surface area (Å²) in [4.78, 5) is 18.4. The van der Waals surface area contributed by atoms with Crippen LogP contribution in [0, 0.1) is 0 Å². The lowest BCUT2D eigenvalue weighted by Crippen LogP contribution is -2.24. The molecule has 1 unspecified atom stereocenters. The third-order valence-corrected chi connectivity index (χ3v) is 7.54. The first-order valence-electron chi connectivity index (χ1n) is 15.3. The van der Waals surface area contributed by atoms with Crippen molar-refractivity contribution in [2.45, 2.75) is 51.4 Å². The van der Waals surface area contributed by atoms with Gasteiger partial charge in [0.1, 0.15) is 17.7 Å². The third kappa shape index (κ3) is 9.95. The number of aromatic nitrogens is 6. The monoisotopic (exact) mass is 678 g/mol. The topological polar surface area (TPSA) is 120 Å².